The van der Waals surface area contributed by atoms with Crippen LogP contribution < -0.4 is 5.32 Å². The average Bonchev–Trinajstić information content (AvgIpc) is 2.11. The van der Waals surface area contributed by atoms with Gasteiger partial charge in [0.15, 0.2) is 0 Å². The Hall–Kier alpha value is -0.900. The van der Waals surface area contributed by atoms with E-state index >= 15 is 0 Å². The number of aryl methyl sites for hydroxylation is 1. The number of rotatable bonds is 2. The van der Waals surface area contributed by atoms with Gasteiger partial charge in [-0.05, 0) is 30.7 Å². The fourth-order valence-electron chi connectivity index (χ4n) is 0.917. The molecule has 4 heteroatoms. The molecule has 1 aromatic carbocycles. The SMILES string of the molecule is Cc1cc(NC(=O)CBr)ccc1F. The van der Waals surface area contributed by atoms with Gasteiger partial charge in [0, 0.05) is 5.69 Å². The molecule has 0 spiro atoms. The normalized spacial score (nSPS) is 9.77. The Bertz CT molecular complexity index is 327. The number of halogens is 2. The average molecular weight is 246 g/mol. The molecule has 0 aromatic heterocycles. The Labute approximate surface area is 84.3 Å². The second-order valence-corrected chi connectivity index (χ2v) is 3.21. The number of anilines is 1. The smallest absolute Gasteiger partial charge is 0.235 e. The van der Waals surface area contributed by atoms with Gasteiger partial charge in [0.25, 0.3) is 0 Å². The highest BCUT2D eigenvalue weighted by Crippen LogP contribution is 2.13. The quantitative estimate of drug-likeness (QED) is 0.798. The van der Waals surface area contributed by atoms with Crippen molar-refractivity contribution in [3.8, 4) is 0 Å². The van der Waals surface area contributed by atoms with Crippen LogP contribution in [0.5, 0.6) is 0 Å². The van der Waals surface area contributed by atoms with E-state index in [4.69, 9.17) is 0 Å². The van der Waals surface area contributed by atoms with Crippen molar-refractivity contribution in [3.05, 3.63) is 29.6 Å². The maximum atomic E-state index is 12.8. The van der Waals surface area contributed by atoms with Crippen LogP contribution in [0.2, 0.25) is 0 Å². The molecule has 0 fully saturated rings. The summed E-state index contributed by atoms with van der Waals surface area (Å²) in [6.45, 7) is 1.65. The van der Waals surface area contributed by atoms with Gasteiger partial charge in [-0.15, -0.1) is 0 Å². The third kappa shape index (κ3) is 2.81. The number of carbonyl (C=O) groups is 1. The molecule has 0 bridgehead atoms. The van der Waals surface area contributed by atoms with Crippen LogP contribution in [0.25, 0.3) is 0 Å². The van der Waals surface area contributed by atoms with Gasteiger partial charge in [-0.1, -0.05) is 15.9 Å². The topological polar surface area (TPSA) is 29.1 Å². The summed E-state index contributed by atoms with van der Waals surface area (Å²) in [5.74, 6) is -0.414. The molecule has 2 nitrogen and oxygen atoms in total. The minimum atomic E-state index is -0.267. The first-order valence-electron chi connectivity index (χ1n) is 3.75. The molecule has 1 N–H and O–H groups in total. The van der Waals surface area contributed by atoms with E-state index in [1.54, 1.807) is 13.0 Å². The van der Waals surface area contributed by atoms with Crippen molar-refractivity contribution in [1.82, 2.24) is 0 Å². The molecule has 0 aliphatic rings. The lowest BCUT2D eigenvalue weighted by molar-refractivity contribution is -0.113. The molecule has 0 aliphatic carbocycles. The second kappa shape index (κ2) is 4.37. The number of carbonyl (C=O) groups excluding carboxylic acids is 1. The first kappa shape index (κ1) is 10.2. The lowest BCUT2D eigenvalue weighted by Gasteiger charge is -2.04. The summed E-state index contributed by atoms with van der Waals surface area (Å²) in [6.07, 6.45) is 0. The van der Waals surface area contributed by atoms with Crippen LogP contribution in [0.1, 0.15) is 5.56 Å². The second-order valence-electron chi connectivity index (χ2n) is 2.65. The van der Waals surface area contributed by atoms with Crippen molar-refractivity contribution in [1.29, 1.82) is 0 Å². The number of benzene rings is 1. The Kier molecular flexibility index (Phi) is 3.42. The standard InChI is InChI=1S/C9H9BrFNO/c1-6-4-7(2-3-8(6)11)12-9(13)5-10/h2-4H,5H2,1H3,(H,12,13). The number of hydrogen-bond acceptors (Lipinski definition) is 1. The fourth-order valence-corrected chi connectivity index (χ4v) is 1.06. The number of amides is 1. The van der Waals surface area contributed by atoms with E-state index in [1.165, 1.54) is 12.1 Å². The summed E-state index contributed by atoms with van der Waals surface area (Å²) in [7, 11) is 0. The number of alkyl halides is 1. The van der Waals surface area contributed by atoms with Crippen LogP contribution in [0.3, 0.4) is 0 Å². The summed E-state index contributed by atoms with van der Waals surface area (Å²) in [6, 6.07) is 4.46. The van der Waals surface area contributed by atoms with Crippen LogP contribution in [-0.4, -0.2) is 11.2 Å². The Morgan fingerprint density at radius 3 is 2.85 bits per heavy atom. The van der Waals surface area contributed by atoms with Crippen LogP contribution in [0.4, 0.5) is 10.1 Å². The van der Waals surface area contributed by atoms with Crippen molar-refractivity contribution in [2.45, 2.75) is 6.92 Å². The van der Waals surface area contributed by atoms with E-state index in [2.05, 4.69) is 21.2 Å². The Morgan fingerprint density at radius 2 is 2.31 bits per heavy atom. The van der Waals surface area contributed by atoms with Crippen LogP contribution in [0.15, 0.2) is 18.2 Å². The van der Waals surface area contributed by atoms with Crippen LogP contribution >= 0.6 is 15.9 Å². The van der Waals surface area contributed by atoms with E-state index in [1.807, 2.05) is 0 Å². The largest absolute Gasteiger partial charge is 0.325 e. The summed E-state index contributed by atoms with van der Waals surface area (Å²) in [5, 5.41) is 2.85. The molecule has 0 atom stereocenters. The van der Waals surface area contributed by atoms with E-state index in [0.29, 0.717) is 11.3 Å². The summed E-state index contributed by atoms with van der Waals surface area (Å²) in [5.41, 5.74) is 1.13. The highest BCUT2D eigenvalue weighted by Gasteiger charge is 2.01. The maximum Gasteiger partial charge on any atom is 0.235 e. The first-order valence-corrected chi connectivity index (χ1v) is 4.87. The molecular formula is C9H9BrFNO. The molecule has 70 valence electrons. The lowest BCUT2D eigenvalue weighted by Crippen LogP contribution is -2.12. The van der Waals surface area contributed by atoms with Gasteiger partial charge in [0.2, 0.25) is 5.91 Å². The number of hydrogen-bond donors (Lipinski definition) is 1. The van der Waals surface area contributed by atoms with Crippen molar-refractivity contribution < 1.29 is 9.18 Å². The zero-order chi connectivity index (χ0) is 9.84. The molecule has 1 amide bonds. The third-order valence-electron chi connectivity index (χ3n) is 1.56. The molecule has 0 saturated heterocycles. The van der Waals surface area contributed by atoms with Gasteiger partial charge in [0.1, 0.15) is 5.82 Å². The van der Waals surface area contributed by atoms with E-state index in [0.717, 1.165) is 0 Å². The predicted molar refractivity (Wildman–Crippen MR) is 53.6 cm³/mol. The van der Waals surface area contributed by atoms with Crippen molar-refractivity contribution in [3.63, 3.8) is 0 Å². The van der Waals surface area contributed by atoms with Crippen molar-refractivity contribution in [2.75, 3.05) is 10.6 Å². The Morgan fingerprint density at radius 1 is 1.62 bits per heavy atom. The fraction of sp³-hybridized carbons (Fsp3) is 0.222. The molecular weight excluding hydrogens is 237 g/mol. The third-order valence-corrected chi connectivity index (χ3v) is 2.07. The zero-order valence-corrected chi connectivity index (χ0v) is 8.69. The minimum absolute atomic E-state index is 0.147. The molecule has 0 saturated carbocycles. The minimum Gasteiger partial charge on any atom is -0.325 e. The first-order chi connectivity index (χ1) is 6.13. The molecule has 0 aliphatic heterocycles. The molecule has 0 unspecified atom stereocenters. The highest BCUT2D eigenvalue weighted by molar-refractivity contribution is 9.09. The monoisotopic (exact) mass is 245 g/mol. The zero-order valence-electron chi connectivity index (χ0n) is 7.10. The summed E-state index contributed by atoms with van der Waals surface area (Å²) < 4.78 is 12.8. The van der Waals surface area contributed by atoms with Gasteiger partial charge >= 0.3 is 0 Å². The summed E-state index contributed by atoms with van der Waals surface area (Å²) in [4.78, 5) is 10.9. The van der Waals surface area contributed by atoms with Crippen LogP contribution in [0, 0.1) is 12.7 Å². The van der Waals surface area contributed by atoms with Crippen molar-refractivity contribution >= 4 is 27.5 Å². The number of nitrogens with one attached hydrogen (secondary N) is 1. The maximum absolute atomic E-state index is 12.8. The lowest BCUT2D eigenvalue weighted by atomic mass is 10.2. The van der Waals surface area contributed by atoms with E-state index < -0.39 is 0 Å². The molecule has 13 heavy (non-hydrogen) atoms. The molecule has 1 rings (SSSR count). The van der Waals surface area contributed by atoms with Crippen molar-refractivity contribution in [2.24, 2.45) is 0 Å². The molecule has 1 aromatic rings. The van der Waals surface area contributed by atoms with E-state index in [9.17, 15) is 9.18 Å². The van der Waals surface area contributed by atoms with Crippen LogP contribution in [-0.2, 0) is 4.79 Å². The van der Waals surface area contributed by atoms with Gasteiger partial charge < -0.3 is 5.32 Å². The predicted octanol–water partition coefficient (Wildman–Crippen LogP) is 2.47. The molecule has 0 heterocycles. The molecule has 0 radical (unpaired) electrons. The van der Waals surface area contributed by atoms with Gasteiger partial charge in [-0.2, -0.15) is 0 Å². The van der Waals surface area contributed by atoms with Gasteiger partial charge in [-0.25, -0.2) is 4.39 Å². The Balaban J connectivity index is 2.79. The van der Waals surface area contributed by atoms with E-state index in [-0.39, 0.29) is 17.1 Å². The van der Waals surface area contributed by atoms with Gasteiger partial charge in [0.05, 0.1) is 5.33 Å². The highest BCUT2D eigenvalue weighted by atomic mass is 79.9. The summed E-state index contributed by atoms with van der Waals surface area (Å²) >= 11 is 3.02. The van der Waals surface area contributed by atoms with Gasteiger partial charge in [-0.3, -0.25) is 4.79 Å².